The zero-order chi connectivity index (χ0) is 15.8. The van der Waals surface area contributed by atoms with Crippen LogP contribution in [-0.2, 0) is 4.79 Å². The first-order valence-corrected chi connectivity index (χ1v) is 8.44. The highest BCUT2D eigenvalue weighted by atomic mass is 79.9. The molecular formula is C13H10BrF3N2O2S. The van der Waals surface area contributed by atoms with E-state index in [1.807, 2.05) is 0 Å². The third-order valence-electron chi connectivity index (χ3n) is 4.37. The first-order valence-electron chi connectivity index (χ1n) is 6.83. The molecular weight excluding hydrogens is 385 g/mol. The van der Waals surface area contributed by atoms with Crippen molar-refractivity contribution in [3.8, 4) is 0 Å². The first kappa shape index (κ1) is 14.5. The lowest BCUT2D eigenvalue weighted by molar-refractivity contribution is -0.180. The molecule has 0 unspecified atom stereocenters. The normalized spacial score (nSPS) is 26.5. The second-order valence-electron chi connectivity index (χ2n) is 5.63. The maximum absolute atomic E-state index is 12.6. The average Bonchev–Trinajstić information content (AvgIpc) is 2.81. The Morgan fingerprint density at radius 1 is 1.23 bits per heavy atom. The molecule has 1 amide bonds. The number of thiophene rings is 1. The number of halogens is 4. The molecule has 0 bridgehead atoms. The fourth-order valence-electron chi connectivity index (χ4n) is 3.39. The van der Waals surface area contributed by atoms with Gasteiger partial charge in [-0.1, -0.05) is 0 Å². The van der Waals surface area contributed by atoms with Crippen molar-refractivity contribution in [1.29, 1.82) is 0 Å². The number of hydrogen-bond donors (Lipinski definition) is 0. The predicted octanol–water partition coefficient (Wildman–Crippen LogP) is 3.12. The van der Waals surface area contributed by atoms with Gasteiger partial charge in [0.15, 0.2) is 5.78 Å². The zero-order valence-electron chi connectivity index (χ0n) is 11.1. The van der Waals surface area contributed by atoms with Crippen molar-refractivity contribution >= 4 is 44.0 Å². The van der Waals surface area contributed by atoms with Crippen molar-refractivity contribution < 1.29 is 22.8 Å². The van der Waals surface area contributed by atoms with Crippen molar-refractivity contribution in [2.75, 3.05) is 18.0 Å². The molecule has 0 N–H and O–H groups in total. The summed E-state index contributed by atoms with van der Waals surface area (Å²) in [5, 5.41) is 0.830. The van der Waals surface area contributed by atoms with Gasteiger partial charge in [0.25, 0.3) is 0 Å². The van der Waals surface area contributed by atoms with Gasteiger partial charge in [-0.3, -0.25) is 9.59 Å². The summed E-state index contributed by atoms with van der Waals surface area (Å²) in [6, 6.07) is -1.72. The van der Waals surface area contributed by atoms with E-state index >= 15 is 0 Å². The van der Waals surface area contributed by atoms with E-state index in [2.05, 4.69) is 20.8 Å². The number of rotatable bonds is 1. The minimum absolute atomic E-state index is 0.360. The van der Waals surface area contributed by atoms with E-state index in [1.165, 1.54) is 11.3 Å². The third kappa shape index (κ3) is 1.81. The summed E-state index contributed by atoms with van der Waals surface area (Å²) in [4.78, 5) is 26.6. The van der Waals surface area contributed by atoms with Crippen LogP contribution in [0.5, 0.6) is 0 Å². The van der Waals surface area contributed by atoms with E-state index < -0.39 is 24.2 Å². The molecule has 2 fully saturated rings. The molecule has 22 heavy (non-hydrogen) atoms. The molecule has 1 aromatic rings. The van der Waals surface area contributed by atoms with Crippen molar-refractivity contribution in [2.45, 2.75) is 31.1 Å². The molecule has 1 aliphatic carbocycles. The summed E-state index contributed by atoms with van der Waals surface area (Å²) in [5.41, 5.74) is 1.07. The van der Waals surface area contributed by atoms with Crippen LogP contribution in [-0.4, -0.2) is 41.9 Å². The fraction of sp³-hybridized carbons (Fsp3) is 0.538. The van der Waals surface area contributed by atoms with E-state index in [1.54, 1.807) is 0 Å². The molecule has 2 aliphatic heterocycles. The third-order valence-corrected chi connectivity index (χ3v) is 6.34. The van der Waals surface area contributed by atoms with Gasteiger partial charge >= 0.3 is 12.1 Å². The number of carbonyl (C=O) groups is 2. The van der Waals surface area contributed by atoms with E-state index in [-0.39, 0.29) is 5.78 Å². The molecule has 3 aliphatic rings. The molecule has 1 aromatic heterocycles. The first-order chi connectivity index (χ1) is 10.3. The molecule has 2 saturated heterocycles. The van der Waals surface area contributed by atoms with Crippen molar-refractivity contribution in [3.63, 3.8) is 0 Å². The number of nitrogens with zero attached hydrogens (tertiary/aromatic N) is 2. The van der Waals surface area contributed by atoms with Crippen molar-refractivity contribution in [2.24, 2.45) is 0 Å². The molecule has 0 spiro atoms. The predicted molar refractivity (Wildman–Crippen MR) is 77.2 cm³/mol. The minimum atomic E-state index is -4.94. The van der Waals surface area contributed by atoms with Crippen LogP contribution in [0.4, 0.5) is 18.2 Å². The van der Waals surface area contributed by atoms with Crippen LogP contribution < -0.4 is 4.90 Å². The van der Waals surface area contributed by atoms with Gasteiger partial charge in [0.1, 0.15) is 11.0 Å². The fourth-order valence-corrected chi connectivity index (χ4v) is 5.41. The molecule has 9 heteroatoms. The van der Waals surface area contributed by atoms with Crippen LogP contribution in [0.15, 0.2) is 3.79 Å². The molecule has 0 aromatic carbocycles. The van der Waals surface area contributed by atoms with Crippen LogP contribution in [0.3, 0.4) is 0 Å². The number of Topliss-reactive ketones (excluding diaryl/α,β-unsaturated/α-hetero) is 1. The highest BCUT2D eigenvalue weighted by Gasteiger charge is 2.68. The van der Waals surface area contributed by atoms with Gasteiger partial charge in [0.05, 0.1) is 15.4 Å². The Hall–Kier alpha value is -1.09. The smallest absolute Gasteiger partial charge is 0.363 e. The van der Waals surface area contributed by atoms with E-state index in [9.17, 15) is 22.8 Å². The molecule has 3 heterocycles. The highest BCUT2D eigenvalue weighted by molar-refractivity contribution is 9.11. The van der Waals surface area contributed by atoms with Crippen molar-refractivity contribution in [3.05, 3.63) is 14.9 Å². The number of alkyl halides is 3. The number of carbonyl (C=O) groups excluding carboxylic acids is 2. The van der Waals surface area contributed by atoms with Gasteiger partial charge in [-0.25, -0.2) is 0 Å². The number of fused-ring (bicyclic) bond motifs is 3. The second-order valence-corrected chi connectivity index (χ2v) is 7.94. The Kier molecular flexibility index (Phi) is 2.95. The summed E-state index contributed by atoms with van der Waals surface area (Å²) < 4.78 is 38.4. The second kappa shape index (κ2) is 4.47. The molecule has 2 atom stereocenters. The maximum atomic E-state index is 12.6. The quantitative estimate of drug-likeness (QED) is 0.687. The summed E-state index contributed by atoms with van der Waals surface area (Å²) >= 11 is 4.73. The summed E-state index contributed by atoms with van der Waals surface area (Å²) in [6.45, 7) is 1.71. The van der Waals surface area contributed by atoms with Gasteiger partial charge in [-0.2, -0.15) is 13.2 Å². The Morgan fingerprint density at radius 3 is 2.45 bits per heavy atom. The summed E-state index contributed by atoms with van der Waals surface area (Å²) in [5.74, 6) is -2.29. The van der Waals surface area contributed by atoms with E-state index in [4.69, 9.17) is 0 Å². The summed E-state index contributed by atoms with van der Waals surface area (Å²) in [7, 11) is 0. The average molecular weight is 395 g/mol. The maximum Gasteiger partial charge on any atom is 0.471 e. The van der Waals surface area contributed by atoms with E-state index in [0.717, 1.165) is 30.9 Å². The topological polar surface area (TPSA) is 40.4 Å². The van der Waals surface area contributed by atoms with Crippen molar-refractivity contribution in [1.82, 2.24) is 4.90 Å². The number of anilines is 1. The lowest BCUT2D eigenvalue weighted by atomic mass is 10.2. The Morgan fingerprint density at radius 2 is 1.86 bits per heavy atom. The minimum Gasteiger partial charge on any atom is -0.363 e. The monoisotopic (exact) mass is 394 g/mol. The lowest BCUT2D eigenvalue weighted by Crippen LogP contribution is -2.33. The van der Waals surface area contributed by atoms with E-state index in [0.29, 0.717) is 19.8 Å². The van der Waals surface area contributed by atoms with Crippen LogP contribution in [0.25, 0.3) is 0 Å². The Balaban J connectivity index is 1.71. The number of ketones is 1. The van der Waals surface area contributed by atoms with Gasteiger partial charge in [-0.15, -0.1) is 11.3 Å². The van der Waals surface area contributed by atoms with Gasteiger partial charge < -0.3 is 9.80 Å². The Bertz CT molecular complexity index is 696. The standard InChI is InChI=1S/C13H10BrF3N2O2S/c14-10-5-6(11(22-10)18-3-1-2-4-18)9(20)8-7(5)19(8)12(21)13(15,16)17/h7-8H,1-4H2/t7-,8-,19?/m1/s1. The summed E-state index contributed by atoms with van der Waals surface area (Å²) in [6.07, 6.45) is -2.85. The molecule has 4 rings (SSSR count). The molecule has 118 valence electrons. The molecule has 0 saturated carbocycles. The zero-order valence-corrected chi connectivity index (χ0v) is 13.5. The van der Waals surface area contributed by atoms with Gasteiger partial charge in [-0.05, 0) is 28.8 Å². The molecule has 0 radical (unpaired) electrons. The Labute approximate surface area is 136 Å². The van der Waals surface area contributed by atoms with Crippen LogP contribution >= 0.6 is 27.3 Å². The van der Waals surface area contributed by atoms with Gasteiger partial charge in [0, 0.05) is 18.7 Å². The lowest BCUT2D eigenvalue weighted by Gasteiger charge is -2.17. The van der Waals surface area contributed by atoms with Crippen LogP contribution in [0.1, 0.15) is 34.8 Å². The largest absolute Gasteiger partial charge is 0.471 e. The van der Waals surface area contributed by atoms with Crippen LogP contribution in [0, 0.1) is 0 Å². The molecule has 4 nitrogen and oxygen atoms in total. The van der Waals surface area contributed by atoms with Gasteiger partial charge in [0.2, 0.25) is 0 Å². The van der Waals surface area contributed by atoms with Crippen LogP contribution in [0.2, 0.25) is 0 Å². The number of hydrogen-bond acceptors (Lipinski definition) is 4. The highest BCUT2D eigenvalue weighted by Crippen LogP contribution is 2.60. The SMILES string of the molecule is O=C1c2c(N3CCCC3)sc(Br)c2[C@@H]2[C@H]1N2C(=O)C(F)(F)F. The number of amides is 1.